The van der Waals surface area contributed by atoms with Crippen LogP contribution in [0.5, 0.6) is 16.7 Å². The number of hydrogen-bond acceptors (Lipinski definition) is 6. The monoisotopic (exact) mass is 447 g/mol. The number of hydrogen-bond donors (Lipinski definition) is 1. The van der Waals surface area contributed by atoms with Crippen LogP contribution >= 0.6 is 22.9 Å². The molecule has 2 aromatic carbocycles. The molecule has 1 aliphatic rings. The van der Waals surface area contributed by atoms with Crippen molar-refractivity contribution in [1.29, 1.82) is 0 Å². The number of rotatable bonds is 5. The number of carbonyl (C=O) groups excluding carboxylic acids is 1. The molecule has 3 aromatic rings. The summed E-state index contributed by atoms with van der Waals surface area (Å²) in [6.45, 7) is 1.20. The van der Waals surface area contributed by atoms with Gasteiger partial charge in [-0.05, 0) is 24.3 Å². The fraction of sp³-hybridized carbons (Fsp3) is 0.333. The number of halogens is 1. The van der Waals surface area contributed by atoms with Crippen LogP contribution in [0.2, 0.25) is 5.02 Å². The van der Waals surface area contributed by atoms with Crippen molar-refractivity contribution in [3.05, 3.63) is 41.4 Å². The molecular formula is C21H22ClN3O4S. The Hall–Kier alpha value is -2.71. The number of piperidine rings is 1. The van der Waals surface area contributed by atoms with E-state index < -0.39 is 0 Å². The Kier molecular flexibility index (Phi) is 6.15. The highest BCUT2D eigenvalue weighted by atomic mass is 35.5. The van der Waals surface area contributed by atoms with Crippen molar-refractivity contribution in [3.63, 3.8) is 0 Å². The highest BCUT2D eigenvalue weighted by molar-refractivity contribution is 7.20. The molecule has 0 atom stereocenters. The second-order valence-electron chi connectivity index (χ2n) is 6.87. The van der Waals surface area contributed by atoms with Gasteiger partial charge in [-0.15, -0.1) is 0 Å². The Morgan fingerprint density at radius 1 is 1.20 bits per heavy atom. The fourth-order valence-corrected chi connectivity index (χ4v) is 4.54. The molecule has 9 heteroatoms. The molecule has 0 radical (unpaired) electrons. The van der Waals surface area contributed by atoms with Crippen LogP contribution in [-0.4, -0.2) is 49.3 Å². The number of benzene rings is 2. The molecule has 0 aliphatic carbocycles. The maximum Gasteiger partial charge on any atom is 0.321 e. The number of thiazole rings is 1. The van der Waals surface area contributed by atoms with Gasteiger partial charge in [-0.25, -0.2) is 9.78 Å². The summed E-state index contributed by atoms with van der Waals surface area (Å²) in [5.41, 5.74) is 1.37. The molecule has 30 heavy (non-hydrogen) atoms. The maximum atomic E-state index is 12.7. The zero-order valence-corrected chi connectivity index (χ0v) is 18.3. The molecular weight excluding hydrogens is 426 g/mol. The predicted octanol–water partition coefficient (Wildman–Crippen LogP) is 5.04. The van der Waals surface area contributed by atoms with E-state index in [1.807, 2.05) is 18.2 Å². The Morgan fingerprint density at radius 2 is 2.00 bits per heavy atom. The Bertz CT molecular complexity index is 1050. The van der Waals surface area contributed by atoms with Crippen molar-refractivity contribution in [1.82, 2.24) is 9.88 Å². The first-order chi connectivity index (χ1) is 14.6. The van der Waals surface area contributed by atoms with Gasteiger partial charge in [0.15, 0.2) is 0 Å². The molecule has 1 aliphatic heterocycles. The number of para-hydroxylation sites is 1. The number of ether oxygens (including phenoxy) is 3. The van der Waals surface area contributed by atoms with Gasteiger partial charge >= 0.3 is 6.03 Å². The first-order valence-electron chi connectivity index (χ1n) is 9.57. The quantitative estimate of drug-likeness (QED) is 0.593. The van der Waals surface area contributed by atoms with Crippen molar-refractivity contribution in [2.75, 3.05) is 32.6 Å². The van der Waals surface area contributed by atoms with Gasteiger partial charge in [0.2, 0.25) is 0 Å². The van der Waals surface area contributed by atoms with E-state index in [9.17, 15) is 4.79 Å². The molecule has 7 nitrogen and oxygen atoms in total. The van der Waals surface area contributed by atoms with E-state index in [-0.39, 0.29) is 12.1 Å². The summed E-state index contributed by atoms with van der Waals surface area (Å²) in [5, 5.41) is 4.15. The minimum absolute atomic E-state index is 0.0175. The maximum absolute atomic E-state index is 12.7. The van der Waals surface area contributed by atoms with Crippen LogP contribution in [0.3, 0.4) is 0 Å². The number of amides is 2. The third-order valence-electron chi connectivity index (χ3n) is 5.00. The number of likely N-dealkylation sites (tertiary alicyclic amines) is 1. The molecule has 0 saturated carbocycles. The average Bonchev–Trinajstić information content (AvgIpc) is 3.18. The van der Waals surface area contributed by atoms with Gasteiger partial charge < -0.3 is 24.4 Å². The molecule has 2 heterocycles. The van der Waals surface area contributed by atoms with E-state index in [1.54, 1.807) is 37.3 Å². The topological polar surface area (TPSA) is 72.9 Å². The van der Waals surface area contributed by atoms with Crippen molar-refractivity contribution in [2.45, 2.75) is 18.9 Å². The van der Waals surface area contributed by atoms with Gasteiger partial charge in [0.25, 0.3) is 5.19 Å². The number of anilines is 1. The third kappa shape index (κ3) is 4.39. The van der Waals surface area contributed by atoms with Crippen LogP contribution in [-0.2, 0) is 0 Å². The zero-order valence-electron chi connectivity index (χ0n) is 16.7. The molecule has 0 unspecified atom stereocenters. The van der Waals surface area contributed by atoms with Crippen molar-refractivity contribution >= 4 is 44.9 Å². The minimum atomic E-state index is -0.163. The first kappa shape index (κ1) is 20.6. The third-order valence-corrected chi connectivity index (χ3v) is 6.21. The van der Waals surface area contributed by atoms with Gasteiger partial charge in [-0.2, -0.15) is 0 Å². The summed E-state index contributed by atoms with van der Waals surface area (Å²) >= 11 is 7.68. The smallest absolute Gasteiger partial charge is 0.321 e. The zero-order chi connectivity index (χ0) is 21.1. The van der Waals surface area contributed by atoms with Gasteiger partial charge in [-0.1, -0.05) is 29.0 Å². The second kappa shape index (κ2) is 8.97. The molecule has 1 fully saturated rings. The van der Waals surface area contributed by atoms with Crippen LogP contribution in [0.1, 0.15) is 12.8 Å². The van der Waals surface area contributed by atoms with E-state index in [0.29, 0.717) is 40.5 Å². The van der Waals surface area contributed by atoms with Crippen LogP contribution in [0.15, 0.2) is 36.4 Å². The standard InChI is InChI=1S/C21H22ClN3O4S/c1-27-14-6-7-16(17(12-14)28-2)23-20(26)25-10-8-13(9-11-25)29-21-24-19-15(22)4-3-5-18(19)30-21/h3-7,12-13H,8-11H2,1-2H3,(H,23,26). The van der Waals surface area contributed by atoms with E-state index in [1.165, 1.54) is 11.3 Å². The van der Waals surface area contributed by atoms with Crippen molar-refractivity contribution in [2.24, 2.45) is 0 Å². The molecule has 0 bridgehead atoms. The van der Waals surface area contributed by atoms with E-state index in [0.717, 1.165) is 23.1 Å². The number of methoxy groups -OCH3 is 2. The van der Waals surface area contributed by atoms with E-state index in [4.69, 9.17) is 25.8 Å². The number of nitrogens with zero attached hydrogens (tertiary/aromatic N) is 2. The van der Waals surface area contributed by atoms with Crippen molar-refractivity contribution < 1.29 is 19.0 Å². The summed E-state index contributed by atoms with van der Waals surface area (Å²) in [6, 6.07) is 10.8. The summed E-state index contributed by atoms with van der Waals surface area (Å²) < 4.78 is 17.6. The highest BCUT2D eigenvalue weighted by Crippen LogP contribution is 2.33. The normalized spacial score (nSPS) is 14.6. The summed E-state index contributed by atoms with van der Waals surface area (Å²) in [5.74, 6) is 1.22. The number of aromatic nitrogens is 1. The number of carbonyl (C=O) groups is 1. The number of fused-ring (bicyclic) bond motifs is 1. The van der Waals surface area contributed by atoms with Crippen LogP contribution in [0.4, 0.5) is 10.5 Å². The number of nitrogens with one attached hydrogen (secondary N) is 1. The van der Waals surface area contributed by atoms with E-state index >= 15 is 0 Å². The molecule has 158 valence electrons. The lowest BCUT2D eigenvalue weighted by atomic mass is 10.1. The highest BCUT2D eigenvalue weighted by Gasteiger charge is 2.25. The van der Waals surface area contributed by atoms with E-state index in [2.05, 4.69) is 10.3 Å². The Balaban J connectivity index is 1.33. The van der Waals surface area contributed by atoms with Gasteiger partial charge in [0.05, 0.1) is 29.6 Å². The average molecular weight is 448 g/mol. The minimum Gasteiger partial charge on any atom is -0.497 e. The molecule has 4 rings (SSSR count). The molecule has 1 saturated heterocycles. The first-order valence-corrected chi connectivity index (χ1v) is 10.8. The van der Waals surface area contributed by atoms with Crippen LogP contribution < -0.4 is 19.5 Å². The number of urea groups is 1. The fourth-order valence-electron chi connectivity index (χ4n) is 3.36. The molecule has 0 spiro atoms. The lowest BCUT2D eigenvalue weighted by Gasteiger charge is -2.31. The largest absolute Gasteiger partial charge is 0.497 e. The van der Waals surface area contributed by atoms with Gasteiger partial charge in [0.1, 0.15) is 23.1 Å². The van der Waals surface area contributed by atoms with Gasteiger partial charge in [-0.3, -0.25) is 0 Å². The molecule has 1 N–H and O–H groups in total. The Labute approximate surface area is 183 Å². The van der Waals surface area contributed by atoms with Crippen LogP contribution in [0.25, 0.3) is 10.2 Å². The Morgan fingerprint density at radius 3 is 2.70 bits per heavy atom. The summed E-state index contributed by atoms with van der Waals surface area (Å²) in [6.07, 6.45) is 1.48. The molecule has 2 amide bonds. The summed E-state index contributed by atoms with van der Waals surface area (Å²) in [4.78, 5) is 18.9. The summed E-state index contributed by atoms with van der Waals surface area (Å²) in [7, 11) is 3.14. The molecule has 1 aromatic heterocycles. The second-order valence-corrected chi connectivity index (χ2v) is 8.27. The lowest BCUT2D eigenvalue weighted by Crippen LogP contribution is -2.43. The SMILES string of the molecule is COc1ccc(NC(=O)N2CCC(Oc3nc4c(Cl)cccc4s3)CC2)c(OC)c1. The van der Waals surface area contributed by atoms with Gasteiger partial charge in [0, 0.05) is 32.0 Å². The predicted molar refractivity (Wildman–Crippen MR) is 118 cm³/mol. The van der Waals surface area contributed by atoms with Crippen molar-refractivity contribution in [3.8, 4) is 16.7 Å². The lowest BCUT2D eigenvalue weighted by molar-refractivity contribution is 0.115. The van der Waals surface area contributed by atoms with Crippen LogP contribution in [0, 0.1) is 0 Å².